The molecule has 2 rings (SSSR count). The Hall–Kier alpha value is -1.74. The topological polar surface area (TPSA) is 34.1 Å². The standard InChI is InChI=1S/C14H7ClF6O2S/c15-24(22,23)12-7-10(14(19,20)21)5-6-11(12)8-1-3-9(4-2-8)13(16,17)18/h1-7H. The third kappa shape index (κ3) is 4.02. The van der Waals surface area contributed by atoms with E-state index in [0.717, 1.165) is 18.2 Å². The second-order valence-corrected chi connectivity index (χ2v) is 7.26. The molecule has 0 bridgehead atoms. The van der Waals surface area contributed by atoms with E-state index in [1.54, 1.807) is 0 Å². The average Bonchev–Trinajstić information content (AvgIpc) is 2.44. The molecule has 0 radical (unpaired) electrons. The van der Waals surface area contributed by atoms with Crippen molar-refractivity contribution in [3.05, 3.63) is 53.6 Å². The Kier molecular flexibility index (Phi) is 4.62. The Balaban J connectivity index is 2.62. The molecule has 0 heterocycles. The lowest BCUT2D eigenvalue weighted by molar-refractivity contribution is -0.138. The molecule has 0 unspecified atom stereocenters. The second kappa shape index (κ2) is 5.96. The highest BCUT2D eigenvalue weighted by atomic mass is 35.7. The molecule has 10 heteroatoms. The number of rotatable bonds is 2. The average molecular weight is 389 g/mol. The third-order valence-electron chi connectivity index (χ3n) is 3.09. The lowest BCUT2D eigenvalue weighted by Crippen LogP contribution is -2.07. The maximum Gasteiger partial charge on any atom is 0.416 e. The van der Waals surface area contributed by atoms with Crippen LogP contribution in [0.2, 0.25) is 0 Å². The van der Waals surface area contributed by atoms with Crippen molar-refractivity contribution in [3.63, 3.8) is 0 Å². The van der Waals surface area contributed by atoms with Crippen LogP contribution in [-0.2, 0) is 21.4 Å². The summed E-state index contributed by atoms with van der Waals surface area (Å²) in [6.07, 6.45) is -9.39. The first kappa shape index (κ1) is 18.6. The van der Waals surface area contributed by atoms with Crippen molar-refractivity contribution in [2.75, 3.05) is 0 Å². The summed E-state index contributed by atoms with van der Waals surface area (Å²) in [4.78, 5) is -0.834. The van der Waals surface area contributed by atoms with Gasteiger partial charge in [0.25, 0.3) is 9.05 Å². The maximum atomic E-state index is 12.7. The predicted octanol–water partition coefficient (Wildman–Crippen LogP) is 5.32. The van der Waals surface area contributed by atoms with E-state index in [4.69, 9.17) is 10.7 Å². The molecule has 0 fully saturated rings. The van der Waals surface area contributed by atoms with Crippen molar-refractivity contribution in [1.82, 2.24) is 0 Å². The molecule has 130 valence electrons. The summed E-state index contributed by atoms with van der Waals surface area (Å²) in [5.41, 5.74) is -2.46. The SMILES string of the molecule is O=S(=O)(Cl)c1cc(C(F)(F)F)ccc1-c1ccc(C(F)(F)F)cc1. The summed E-state index contributed by atoms with van der Waals surface area (Å²) in [5.74, 6) is 0. The van der Waals surface area contributed by atoms with Crippen LogP contribution in [0.25, 0.3) is 11.1 Å². The molecule has 0 atom stereocenters. The Morgan fingerprint density at radius 3 is 1.62 bits per heavy atom. The fourth-order valence-corrected chi connectivity index (χ4v) is 3.08. The molecule has 0 aromatic heterocycles. The third-order valence-corrected chi connectivity index (χ3v) is 4.46. The van der Waals surface area contributed by atoms with Crippen molar-refractivity contribution >= 4 is 19.7 Å². The smallest absolute Gasteiger partial charge is 0.207 e. The lowest BCUT2D eigenvalue weighted by Gasteiger charge is -2.13. The van der Waals surface area contributed by atoms with Crippen LogP contribution in [0.4, 0.5) is 26.3 Å². The van der Waals surface area contributed by atoms with Crippen LogP contribution in [0.15, 0.2) is 47.4 Å². The van der Waals surface area contributed by atoms with Gasteiger partial charge in [0.1, 0.15) is 0 Å². The summed E-state index contributed by atoms with van der Waals surface area (Å²) < 4.78 is 98.8. The van der Waals surface area contributed by atoms with Gasteiger partial charge in [-0.1, -0.05) is 18.2 Å². The quantitative estimate of drug-likeness (QED) is 0.515. The molecule has 0 saturated heterocycles. The van der Waals surface area contributed by atoms with Crippen molar-refractivity contribution in [2.45, 2.75) is 17.2 Å². The first-order valence-corrected chi connectivity index (χ1v) is 8.44. The summed E-state index contributed by atoms with van der Waals surface area (Å²) in [6.45, 7) is 0. The van der Waals surface area contributed by atoms with Crippen LogP contribution >= 0.6 is 10.7 Å². The summed E-state index contributed by atoms with van der Waals surface area (Å²) >= 11 is 0. The summed E-state index contributed by atoms with van der Waals surface area (Å²) in [7, 11) is 0.611. The van der Waals surface area contributed by atoms with E-state index < -0.39 is 37.4 Å². The van der Waals surface area contributed by atoms with Crippen molar-refractivity contribution in [3.8, 4) is 11.1 Å². The Morgan fingerprint density at radius 2 is 1.21 bits per heavy atom. The van der Waals surface area contributed by atoms with Gasteiger partial charge in [0.2, 0.25) is 0 Å². The molecular weight excluding hydrogens is 382 g/mol. The molecule has 0 aliphatic carbocycles. The normalized spacial score (nSPS) is 13.1. The monoisotopic (exact) mass is 388 g/mol. The van der Waals surface area contributed by atoms with E-state index in [9.17, 15) is 34.8 Å². The van der Waals surface area contributed by atoms with Gasteiger partial charge < -0.3 is 0 Å². The summed E-state index contributed by atoms with van der Waals surface area (Å²) in [6, 6.07) is 5.11. The number of hydrogen-bond donors (Lipinski definition) is 0. The van der Waals surface area contributed by atoms with Crippen LogP contribution < -0.4 is 0 Å². The molecule has 2 nitrogen and oxygen atoms in total. The Morgan fingerprint density at radius 1 is 0.750 bits per heavy atom. The minimum Gasteiger partial charge on any atom is -0.207 e. The van der Waals surface area contributed by atoms with Gasteiger partial charge in [0.15, 0.2) is 0 Å². The van der Waals surface area contributed by atoms with E-state index >= 15 is 0 Å². The molecule has 2 aromatic carbocycles. The van der Waals surface area contributed by atoms with Gasteiger partial charge in [-0.2, -0.15) is 26.3 Å². The zero-order valence-electron chi connectivity index (χ0n) is 11.4. The van der Waals surface area contributed by atoms with Crippen molar-refractivity contribution < 1.29 is 34.8 Å². The molecule has 0 saturated carbocycles. The van der Waals surface area contributed by atoms with Gasteiger partial charge in [-0.3, -0.25) is 0 Å². The van der Waals surface area contributed by atoms with Crippen LogP contribution in [-0.4, -0.2) is 8.42 Å². The minimum atomic E-state index is -4.80. The number of halogens is 7. The molecular formula is C14H7ClF6O2S. The van der Waals surface area contributed by atoms with Gasteiger partial charge in [0.05, 0.1) is 16.0 Å². The Labute approximate surface area is 137 Å². The predicted molar refractivity (Wildman–Crippen MR) is 74.9 cm³/mol. The fourth-order valence-electron chi connectivity index (χ4n) is 1.98. The zero-order valence-corrected chi connectivity index (χ0v) is 13.0. The zero-order chi connectivity index (χ0) is 18.3. The molecule has 0 aliphatic heterocycles. The van der Waals surface area contributed by atoms with Gasteiger partial charge >= 0.3 is 12.4 Å². The second-order valence-electron chi connectivity index (χ2n) is 4.72. The minimum absolute atomic E-state index is 0.0176. The van der Waals surface area contributed by atoms with Crippen LogP contribution in [0.5, 0.6) is 0 Å². The number of benzene rings is 2. The van der Waals surface area contributed by atoms with E-state index in [0.29, 0.717) is 24.3 Å². The van der Waals surface area contributed by atoms with Gasteiger partial charge in [-0.05, 0) is 29.8 Å². The Bertz CT molecular complexity index is 854. The summed E-state index contributed by atoms with van der Waals surface area (Å²) in [5, 5.41) is 0. The molecule has 0 N–H and O–H groups in total. The molecule has 0 spiro atoms. The number of hydrogen-bond acceptors (Lipinski definition) is 2. The maximum absolute atomic E-state index is 12.7. The molecule has 2 aromatic rings. The van der Waals surface area contributed by atoms with Crippen molar-refractivity contribution in [1.29, 1.82) is 0 Å². The van der Waals surface area contributed by atoms with Crippen molar-refractivity contribution in [2.24, 2.45) is 0 Å². The fraction of sp³-hybridized carbons (Fsp3) is 0.143. The van der Waals surface area contributed by atoms with Gasteiger partial charge in [-0.15, -0.1) is 0 Å². The lowest BCUT2D eigenvalue weighted by atomic mass is 10.0. The van der Waals surface area contributed by atoms with Gasteiger partial charge in [-0.25, -0.2) is 8.42 Å². The van der Waals surface area contributed by atoms with Crippen LogP contribution in [0.1, 0.15) is 11.1 Å². The molecule has 24 heavy (non-hydrogen) atoms. The first-order chi connectivity index (χ1) is 10.8. The van der Waals surface area contributed by atoms with E-state index in [2.05, 4.69) is 0 Å². The van der Waals surface area contributed by atoms with E-state index in [1.165, 1.54) is 0 Å². The van der Waals surface area contributed by atoms with Crippen LogP contribution in [0, 0.1) is 0 Å². The highest BCUT2D eigenvalue weighted by molar-refractivity contribution is 8.13. The van der Waals surface area contributed by atoms with Gasteiger partial charge in [0, 0.05) is 16.2 Å². The number of alkyl halides is 6. The molecule has 0 aliphatic rings. The van der Waals surface area contributed by atoms with Crippen LogP contribution in [0.3, 0.4) is 0 Å². The van der Waals surface area contributed by atoms with E-state index in [1.807, 2.05) is 0 Å². The highest BCUT2D eigenvalue weighted by Gasteiger charge is 2.33. The van der Waals surface area contributed by atoms with E-state index in [-0.39, 0.29) is 11.1 Å². The molecule has 0 amide bonds. The largest absolute Gasteiger partial charge is 0.416 e. The highest BCUT2D eigenvalue weighted by Crippen LogP contribution is 2.37. The first-order valence-electron chi connectivity index (χ1n) is 6.14.